The Bertz CT molecular complexity index is 1240. The minimum absolute atomic E-state index is 0.125. The normalized spacial score (nSPS) is 14.2. The number of carbonyl (C=O) groups is 2. The summed E-state index contributed by atoms with van der Waals surface area (Å²) in [7, 11) is -3.35. The van der Waals surface area contributed by atoms with Gasteiger partial charge in [-0.1, -0.05) is 23.7 Å². The maximum Gasteiger partial charge on any atom is 0.314 e. The summed E-state index contributed by atoms with van der Waals surface area (Å²) in [5.41, 5.74) is 1.96. The first-order valence-corrected chi connectivity index (χ1v) is 11.1. The number of nitrogens with one attached hydrogen (secondary N) is 2. The van der Waals surface area contributed by atoms with Gasteiger partial charge in [0, 0.05) is 29.5 Å². The number of fused-ring (bicyclic) bond motifs is 1. The lowest BCUT2D eigenvalue weighted by Crippen LogP contribution is -2.35. The Kier molecular flexibility index (Phi) is 5.27. The zero-order valence-corrected chi connectivity index (χ0v) is 17.1. The molecule has 3 aromatic rings. The zero-order valence-electron chi connectivity index (χ0n) is 15.5. The van der Waals surface area contributed by atoms with Crippen LogP contribution in [-0.4, -0.2) is 35.0 Å². The van der Waals surface area contributed by atoms with Crippen LogP contribution in [-0.2, 0) is 37.5 Å². The van der Waals surface area contributed by atoms with E-state index < -0.39 is 21.7 Å². The fourth-order valence-electron chi connectivity index (χ4n) is 3.10. The van der Waals surface area contributed by atoms with Crippen LogP contribution in [0, 0.1) is 0 Å². The molecule has 1 aromatic carbocycles. The molecule has 2 amide bonds. The first-order valence-electron chi connectivity index (χ1n) is 8.87. The van der Waals surface area contributed by atoms with Crippen molar-refractivity contribution in [1.82, 2.24) is 20.1 Å². The number of hydrogen-bond donors (Lipinski definition) is 2. The van der Waals surface area contributed by atoms with Gasteiger partial charge >= 0.3 is 11.8 Å². The third-order valence-electron chi connectivity index (χ3n) is 4.45. The summed E-state index contributed by atoms with van der Waals surface area (Å²) in [5, 5.41) is 9.79. The highest BCUT2D eigenvalue weighted by Gasteiger charge is 2.33. The Labute approximate surface area is 177 Å². The number of rotatable bonds is 4. The van der Waals surface area contributed by atoms with Gasteiger partial charge < -0.3 is 10.6 Å². The van der Waals surface area contributed by atoms with E-state index in [0.717, 1.165) is 5.56 Å². The summed E-state index contributed by atoms with van der Waals surface area (Å²) in [4.78, 5) is 28.7. The largest absolute Gasteiger partial charge is 0.344 e. The molecule has 0 fully saturated rings. The second-order valence-corrected chi connectivity index (χ2v) is 9.20. The molecule has 4 rings (SSSR count). The number of pyridine rings is 1. The predicted octanol–water partition coefficient (Wildman–Crippen LogP) is 1.60. The highest BCUT2D eigenvalue weighted by molar-refractivity contribution is 7.90. The minimum atomic E-state index is -3.35. The van der Waals surface area contributed by atoms with E-state index in [9.17, 15) is 18.0 Å². The number of carbonyl (C=O) groups excluding carboxylic acids is 2. The van der Waals surface area contributed by atoms with Gasteiger partial charge in [-0.25, -0.2) is 13.1 Å². The molecule has 3 heterocycles. The van der Waals surface area contributed by atoms with Crippen molar-refractivity contribution in [2.45, 2.75) is 18.1 Å². The standard InChI is InChI=1S/C19H16ClN5O4S/c20-13-4-1-5-14(7-13)25-17(15-10-30(28,29)11-16(15)24-25)23-19(27)18(26)22-9-12-3-2-6-21-8-12/h1-8H,9-11H2,(H,22,26)(H,23,27). The molecule has 2 aromatic heterocycles. The monoisotopic (exact) mass is 445 g/mol. The van der Waals surface area contributed by atoms with Gasteiger partial charge in [0.05, 0.1) is 22.9 Å². The molecule has 0 saturated heterocycles. The van der Waals surface area contributed by atoms with Crippen LogP contribution in [0.3, 0.4) is 0 Å². The SMILES string of the molecule is O=C(NCc1cccnc1)C(=O)Nc1c2c(nn1-c1cccc(Cl)c1)CS(=O)(=O)C2. The van der Waals surface area contributed by atoms with Gasteiger partial charge in [0.15, 0.2) is 9.84 Å². The van der Waals surface area contributed by atoms with Crippen LogP contribution >= 0.6 is 11.6 Å². The Hall–Kier alpha value is -3.24. The molecule has 0 spiro atoms. The number of amides is 2. The zero-order chi connectivity index (χ0) is 21.3. The van der Waals surface area contributed by atoms with Gasteiger partial charge in [-0.2, -0.15) is 5.10 Å². The van der Waals surface area contributed by atoms with Crippen LogP contribution in [0.25, 0.3) is 5.69 Å². The molecule has 1 aliphatic heterocycles. The van der Waals surface area contributed by atoms with Crippen molar-refractivity contribution >= 4 is 39.1 Å². The quantitative estimate of drug-likeness (QED) is 0.588. The molecule has 30 heavy (non-hydrogen) atoms. The van der Waals surface area contributed by atoms with E-state index in [1.807, 2.05) is 0 Å². The average Bonchev–Trinajstić information content (AvgIpc) is 3.19. The van der Waals surface area contributed by atoms with Crippen LogP contribution < -0.4 is 10.6 Å². The van der Waals surface area contributed by atoms with Crippen LogP contribution in [0.15, 0.2) is 48.8 Å². The first-order chi connectivity index (χ1) is 14.3. The Morgan fingerprint density at radius 1 is 1.13 bits per heavy atom. The second kappa shape index (κ2) is 7.88. The van der Waals surface area contributed by atoms with Crippen molar-refractivity contribution in [3.05, 3.63) is 70.6 Å². The van der Waals surface area contributed by atoms with Crippen molar-refractivity contribution in [3.8, 4) is 5.69 Å². The van der Waals surface area contributed by atoms with Gasteiger partial charge in [0.1, 0.15) is 5.82 Å². The molecule has 0 saturated carbocycles. The number of hydrogen-bond acceptors (Lipinski definition) is 6. The molecular weight excluding hydrogens is 430 g/mol. The number of nitrogens with zero attached hydrogens (tertiary/aromatic N) is 3. The summed E-state index contributed by atoms with van der Waals surface area (Å²) in [6.07, 6.45) is 3.17. The third-order valence-corrected chi connectivity index (χ3v) is 6.13. The molecule has 0 aliphatic carbocycles. The second-order valence-electron chi connectivity index (χ2n) is 6.70. The number of halogens is 1. The lowest BCUT2D eigenvalue weighted by molar-refractivity contribution is -0.136. The molecule has 2 N–H and O–H groups in total. The summed E-state index contributed by atoms with van der Waals surface area (Å²) >= 11 is 6.05. The number of benzene rings is 1. The van der Waals surface area contributed by atoms with Crippen molar-refractivity contribution < 1.29 is 18.0 Å². The number of aromatic nitrogens is 3. The molecular formula is C19H16ClN5O4S. The minimum Gasteiger partial charge on any atom is -0.344 e. The maximum absolute atomic E-state index is 12.5. The Balaban J connectivity index is 1.59. The molecule has 154 valence electrons. The lowest BCUT2D eigenvalue weighted by atomic mass is 10.2. The van der Waals surface area contributed by atoms with Crippen LogP contribution in [0.2, 0.25) is 5.02 Å². The van der Waals surface area contributed by atoms with Crippen molar-refractivity contribution in [1.29, 1.82) is 0 Å². The van der Waals surface area contributed by atoms with E-state index in [-0.39, 0.29) is 23.9 Å². The van der Waals surface area contributed by atoms with Gasteiger partial charge in [-0.3, -0.25) is 14.6 Å². The average molecular weight is 446 g/mol. The molecule has 11 heteroatoms. The fourth-order valence-corrected chi connectivity index (χ4v) is 4.77. The fraction of sp³-hybridized carbons (Fsp3) is 0.158. The summed E-state index contributed by atoms with van der Waals surface area (Å²) < 4.78 is 25.4. The number of anilines is 1. The van der Waals surface area contributed by atoms with Gasteiger partial charge in [0.2, 0.25) is 0 Å². The van der Waals surface area contributed by atoms with Gasteiger partial charge in [-0.15, -0.1) is 0 Å². The smallest absolute Gasteiger partial charge is 0.314 e. The van der Waals surface area contributed by atoms with Crippen LogP contribution in [0.4, 0.5) is 5.82 Å². The molecule has 0 unspecified atom stereocenters. The van der Waals surface area contributed by atoms with Crippen molar-refractivity contribution in [2.75, 3.05) is 5.32 Å². The molecule has 0 atom stereocenters. The van der Waals surface area contributed by atoms with E-state index in [4.69, 9.17) is 11.6 Å². The molecule has 0 bridgehead atoms. The van der Waals surface area contributed by atoms with Gasteiger partial charge in [-0.05, 0) is 29.8 Å². The van der Waals surface area contributed by atoms with E-state index in [2.05, 4.69) is 20.7 Å². The number of sulfone groups is 1. The van der Waals surface area contributed by atoms with Gasteiger partial charge in [0.25, 0.3) is 0 Å². The third kappa shape index (κ3) is 4.19. The van der Waals surface area contributed by atoms with E-state index >= 15 is 0 Å². The Morgan fingerprint density at radius 2 is 1.97 bits per heavy atom. The van der Waals surface area contributed by atoms with E-state index in [0.29, 0.717) is 22.0 Å². The maximum atomic E-state index is 12.5. The Morgan fingerprint density at radius 3 is 2.70 bits per heavy atom. The summed E-state index contributed by atoms with van der Waals surface area (Å²) in [6, 6.07) is 10.2. The first kappa shape index (κ1) is 20.0. The molecule has 1 aliphatic rings. The summed E-state index contributed by atoms with van der Waals surface area (Å²) in [5.74, 6) is -2.17. The highest BCUT2D eigenvalue weighted by atomic mass is 35.5. The summed E-state index contributed by atoms with van der Waals surface area (Å²) in [6.45, 7) is 0.125. The van der Waals surface area contributed by atoms with Crippen molar-refractivity contribution in [3.63, 3.8) is 0 Å². The lowest BCUT2D eigenvalue weighted by Gasteiger charge is -2.11. The predicted molar refractivity (Wildman–Crippen MR) is 110 cm³/mol. The molecule has 9 nitrogen and oxygen atoms in total. The van der Waals surface area contributed by atoms with E-state index in [1.54, 1.807) is 48.8 Å². The topological polar surface area (TPSA) is 123 Å². The van der Waals surface area contributed by atoms with Crippen molar-refractivity contribution in [2.24, 2.45) is 0 Å². The van der Waals surface area contributed by atoms with Crippen LogP contribution in [0.1, 0.15) is 16.8 Å². The molecule has 0 radical (unpaired) electrons. The van der Waals surface area contributed by atoms with E-state index in [1.165, 1.54) is 4.68 Å². The highest BCUT2D eigenvalue weighted by Crippen LogP contribution is 2.33. The van der Waals surface area contributed by atoms with Crippen LogP contribution in [0.5, 0.6) is 0 Å².